The molecule has 0 bridgehead atoms. The molecule has 0 aromatic carbocycles. The first-order valence-corrected chi connectivity index (χ1v) is 8.16. The minimum absolute atomic E-state index is 0.353. The minimum atomic E-state index is 0.353. The number of thiophene rings is 1. The highest BCUT2D eigenvalue weighted by Crippen LogP contribution is 2.20. The fourth-order valence-corrected chi connectivity index (χ4v) is 3.56. The number of rotatable bonds is 5. The van der Waals surface area contributed by atoms with Crippen LogP contribution in [0.15, 0.2) is 17.5 Å². The highest BCUT2D eigenvalue weighted by atomic mass is 32.1. The summed E-state index contributed by atoms with van der Waals surface area (Å²) in [6, 6.07) is 4.42. The van der Waals surface area contributed by atoms with E-state index in [1.807, 2.05) is 11.3 Å². The fourth-order valence-electron chi connectivity index (χ4n) is 2.86. The van der Waals surface area contributed by atoms with Crippen LogP contribution in [-0.4, -0.2) is 36.6 Å². The Morgan fingerprint density at radius 3 is 2.89 bits per heavy atom. The van der Waals surface area contributed by atoms with E-state index < -0.39 is 0 Å². The van der Waals surface area contributed by atoms with E-state index in [0.717, 1.165) is 0 Å². The lowest BCUT2D eigenvalue weighted by Crippen LogP contribution is -2.50. The van der Waals surface area contributed by atoms with E-state index in [1.165, 1.54) is 56.7 Å². The van der Waals surface area contributed by atoms with Crippen LogP contribution < -0.4 is 5.32 Å². The van der Waals surface area contributed by atoms with Gasteiger partial charge in [-0.05, 0) is 50.2 Å². The van der Waals surface area contributed by atoms with E-state index in [4.69, 9.17) is 0 Å². The third kappa shape index (κ3) is 3.56. The molecule has 2 nitrogen and oxygen atoms in total. The van der Waals surface area contributed by atoms with E-state index in [2.05, 4.69) is 41.6 Å². The number of hydrogen-bond acceptors (Lipinski definition) is 3. The van der Waals surface area contributed by atoms with Gasteiger partial charge in [0.05, 0.1) is 0 Å². The first kappa shape index (κ1) is 14.0. The first-order valence-electron chi connectivity index (χ1n) is 7.28. The van der Waals surface area contributed by atoms with Crippen LogP contribution in [0.2, 0.25) is 0 Å². The molecule has 1 aliphatic rings. The van der Waals surface area contributed by atoms with Crippen LogP contribution in [-0.2, 0) is 6.42 Å². The summed E-state index contributed by atoms with van der Waals surface area (Å²) in [4.78, 5) is 4.18. The van der Waals surface area contributed by atoms with Crippen LogP contribution in [0.1, 0.15) is 38.0 Å². The van der Waals surface area contributed by atoms with Crippen molar-refractivity contribution in [1.82, 2.24) is 10.2 Å². The first-order chi connectivity index (χ1) is 8.78. The second kappa shape index (κ2) is 6.69. The Kier molecular flexibility index (Phi) is 5.22. The van der Waals surface area contributed by atoms with E-state index >= 15 is 0 Å². The van der Waals surface area contributed by atoms with Crippen LogP contribution in [0.4, 0.5) is 0 Å². The Bertz CT molecular complexity index is 330. The van der Waals surface area contributed by atoms with Gasteiger partial charge in [0.25, 0.3) is 0 Å². The normalized spacial score (nSPS) is 20.8. The molecule has 0 aliphatic carbocycles. The molecule has 1 aromatic heterocycles. The molecular weight excluding hydrogens is 240 g/mol. The summed E-state index contributed by atoms with van der Waals surface area (Å²) >= 11 is 1.89. The number of hydrogen-bond donors (Lipinski definition) is 1. The zero-order valence-electron chi connectivity index (χ0n) is 11.7. The van der Waals surface area contributed by atoms with E-state index in [9.17, 15) is 0 Å². The Labute approximate surface area is 115 Å². The van der Waals surface area contributed by atoms with Crippen LogP contribution in [0.25, 0.3) is 0 Å². The van der Waals surface area contributed by atoms with Crippen molar-refractivity contribution in [2.45, 2.75) is 45.1 Å². The monoisotopic (exact) mass is 266 g/mol. The molecular formula is C15H26N2S. The highest BCUT2D eigenvalue weighted by molar-refractivity contribution is 7.09. The second-order valence-corrected chi connectivity index (χ2v) is 6.41. The summed E-state index contributed by atoms with van der Waals surface area (Å²) in [5.74, 6) is 0. The van der Waals surface area contributed by atoms with Gasteiger partial charge in [-0.1, -0.05) is 19.9 Å². The summed E-state index contributed by atoms with van der Waals surface area (Å²) in [6.45, 7) is 9.49. The van der Waals surface area contributed by atoms with Gasteiger partial charge in [0, 0.05) is 23.5 Å². The van der Waals surface area contributed by atoms with Gasteiger partial charge in [-0.2, -0.15) is 0 Å². The Morgan fingerprint density at radius 1 is 1.39 bits per heavy atom. The second-order valence-electron chi connectivity index (χ2n) is 5.37. The molecule has 1 saturated heterocycles. The van der Waals surface area contributed by atoms with Gasteiger partial charge in [0.2, 0.25) is 0 Å². The zero-order chi connectivity index (χ0) is 12.8. The maximum atomic E-state index is 3.78. The summed E-state index contributed by atoms with van der Waals surface area (Å²) in [7, 11) is 0. The molecule has 0 unspecified atom stereocenters. The summed E-state index contributed by atoms with van der Waals surface area (Å²) in [5, 5.41) is 5.96. The van der Waals surface area contributed by atoms with E-state index in [0.29, 0.717) is 5.54 Å². The Balaban J connectivity index is 1.90. The molecule has 18 heavy (non-hydrogen) atoms. The van der Waals surface area contributed by atoms with Gasteiger partial charge in [0.15, 0.2) is 0 Å². The van der Waals surface area contributed by atoms with E-state index in [-0.39, 0.29) is 0 Å². The highest BCUT2D eigenvalue weighted by Gasteiger charge is 2.29. The van der Waals surface area contributed by atoms with Crippen LogP contribution >= 0.6 is 11.3 Å². The van der Waals surface area contributed by atoms with Gasteiger partial charge in [0.1, 0.15) is 0 Å². The van der Waals surface area contributed by atoms with Gasteiger partial charge >= 0.3 is 0 Å². The lowest BCUT2D eigenvalue weighted by Gasteiger charge is -2.35. The van der Waals surface area contributed by atoms with Crippen molar-refractivity contribution in [3.63, 3.8) is 0 Å². The molecule has 3 heteroatoms. The van der Waals surface area contributed by atoms with Crippen molar-refractivity contribution >= 4 is 11.3 Å². The van der Waals surface area contributed by atoms with Crippen LogP contribution in [0.5, 0.6) is 0 Å². The fraction of sp³-hybridized carbons (Fsp3) is 0.733. The number of nitrogens with zero attached hydrogens (tertiary/aromatic N) is 1. The molecule has 0 radical (unpaired) electrons. The van der Waals surface area contributed by atoms with Gasteiger partial charge in [-0.25, -0.2) is 0 Å². The molecule has 102 valence electrons. The topological polar surface area (TPSA) is 15.3 Å². The Morgan fingerprint density at radius 2 is 2.22 bits per heavy atom. The van der Waals surface area contributed by atoms with Gasteiger partial charge < -0.3 is 10.2 Å². The summed E-state index contributed by atoms with van der Waals surface area (Å²) < 4.78 is 0. The molecule has 0 saturated carbocycles. The standard InChI is InChI=1S/C15H26N2S/c1-3-15(4-2)13-17(10-6-9-16-15)11-8-14-7-5-12-18-14/h5,7,12,16H,3-4,6,8-11,13H2,1-2H3. The molecule has 0 atom stereocenters. The third-order valence-electron chi connectivity index (χ3n) is 4.29. The van der Waals surface area contributed by atoms with Gasteiger partial charge in [-0.3, -0.25) is 0 Å². The SMILES string of the molecule is CCC1(CC)CN(CCc2cccs2)CCCN1. The quantitative estimate of drug-likeness (QED) is 0.881. The van der Waals surface area contributed by atoms with Crippen molar-refractivity contribution in [2.24, 2.45) is 0 Å². The molecule has 1 fully saturated rings. The maximum absolute atomic E-state index is 3.78. The van der Waals surface area contributed by atoms with Crippen molar-refractivity contribution in [3.8, 4) is 0 Å². The summed E-state index contributed by atoms with van der Waals surface area (Å²) in [6.07, 6.45) is 4.96. The van der Waals surface area contributed by atoms with Crippen molar-refractivity contribution in [3.05, 3.63) is 22.4 Å². The van der Waals surface area contributed by atoms with Crippen molar-refractivity contribution in [2.75, 3.05) is 26.2 Å². The lowest BCUT2D eigenvalue weighted by molar-refractivity contribution is 0.199. The largest absolute Gasteiger partial charge is 0.310 e. The van der Waals surface area contributed by atoms with Crippen molar-refractivity contribution in [1.29, 1.82) is 0 Å². The molecule has 1 aliphatic heterocycles. The van der Waals surface area contributed by atoms with Crippen LogP contribution in [0.3, 0.4) is 0 Å². The average molecular weight is 266 g/mol. The maximum Gasteiger partial charge on any atom is 0.0303 e. The Hall–Kier alpha value is -0.380. The smallest absolute Gasteiger partial charge is 0.0303 e. The predicted octanol–water partition coefficient (Wildman–Crippen LogP) is 3.14. The van der Waals surface area contributed by atoms with Crippen LogP contribution in [0, 0.1) is 0 Å². The third-order valence-corrected chi connectivity index (χ3v) is 5.22. The molecule has 2 rings (SSSR count). The lowest BCUT2D eigenvalue weighted by atomic mass is 9.92. The average Bonchev–Trinajstić information content (AvgIpc) is 2.83. The molecule has 2 heterocycles. The molecule has 1 aromatic rings. The molecule has 0 amide bonds. The van der Waals surface area contributed by atoms with Crippen molar-refractivity contribution < 1.29 is 0 Å². The minimum Gasteiger partial charge on any atom is -0.310 e. The summed E-state index contributed by atoms with van der Waals surface area (Å²) in [5.41, 5.74) is 0.353. The molecule has 1 N–H and O–H groups in total. The van der Waals surface area contributed by atoms with Gasteiger partial charge in [-0.15, -0.1) is 11.3 Å². The zero-order valence-corrected chi connectivity index (χ0v) is 12.6. The van der Waals surface area contributed by atoms with E-state index in [1.54, 1.807) is 0 Å². The molecule has 0 spiro atoms. The predicted molar refractivity (Wildman–Crippen MR) is 80.4 cm³/mol. The number of nitrogens with one attached hydrogen (secondary N) is 1.